The summed E-state index contributed by atoms with van der Waals surface area (Å²) in [5, 5.41) is 18.9. The predicted octanol–water partition coefficient (Wildman–Crippen LogP) is 5.98. The SMILES string of the molecule is CCCCCCCCC/C=C\C=C\[C@@H](SCC)[C@@H](O)CCCC(=O)O. The first-order valence-electron chi connectivity index (χ1n) is 9.96. The molecular formula is C21H38O3S. The molecule has 3 nitrogen and oxygen atoms in total. The molecule has 0 saturated carbocycles. The van der Waals surface area contributed by atoms with Crippen LogP contribution in [0.25, 0.3) is 0 Å². The highest BCUT2D eigenvalue weighted by Gasteiger charge is 2.16. The molecule has 0 aromatic carbocycles. The molecule has 0 rings (SSSR count). The van der Waals surface area contributed by atoms with Gasteiger partial charge in [-0.25, -0.2) is 0 Å². The summed E-state index contributed by atoms with van der Waals surface area (Å²) in [6, 6.07) is 0. The Labute approximate surface area is 159 Å². The summed E-state index contributed by atoms with van der Waals surface area (Å²) in [4.78, 5) is 10.6. The fourth-order valence-corrected chi connectivity index (χ4v) is 3.63. The van der Waals surface area contributed by atoms with Gasteiger partial charge in [-0.3, -0.25) is 4.79 Å². The zero-order valence-corrected chi connectivity index (χ0v) is 17.0. The van der Waals surface area contributed by atoms with Crippen LogP contribution in [-0.4, -0.2) is 33.3 Å². The van der Waals surface area contributed by atoms with Gasteiger partial charge in [-0.15, -0.1) is 0 Å². The van der Waals surface area contributed by atoms with Gasteiger partial charge >= 0.3 is 5.97 Å². The van der Waals surface area contributed by atoms with Crippen LogP contribution in [0, 0.1) is 0 Å². The molecule has 0 aliphatic carbocycles. The van der Waals surface area contributed by atoms with E-state index in [1.54, 1.807) is 11.8 Å². The Morgan fingerprint density at radius 3 is 2.32 bits per heavy atom. The minimum atomic E-state index is -0.796. The lowest BCUT2D eigenvalue weighted by Gasteiger charge is -2.18. The van der Waals surface area contributed by atoms with Crippen molar-refractivity contribution in [2.45, 2.75) is 95.8 Å². The van der Waals surface area contributed by atoms with Crippen molar-refractivity contribution in [3.05, 3.63) is 24.3 Å². The summed E-state index contributed by atoms with van der Waals surface area (Å²) in [7, 11) is 0. The smallest absolute Gasteiger partial charge is 0.303 e. The number of unbranched alkanes of at least 4 members (excludes halogenated alkanes) is 7. The minimum absolute atomic E-state index is 0.0435. The van der Waals surface area contributed by atoms with Gasteiger partial charge in [0.2, 0.25) is 0 Å². The van der Waals surface area contributed by atoms with Crippen LogP contribution in [0.3, 0.4) is 0 Å². The van der Waals surface area contributed by atoms with Gasteiger partial charge < -0.3 is 10.2 Å². The zero-order chi connectivity index (χ0) is 18.8. The molecule has 4 heteroatoms. The van der Waals surface area contributed by atoms with Crippen molar-refractivity contribution in [2.24, 2.45) is 0 Å². The third kappa shape index (κ3) is 16.5. The molecule has 0 heterocycles. The monoisotopic (exact) mass is 370 g/mol. The molecule has 0 amide bonds. The first-order chi connectivity index (χ1) is 12.1. The fourth-order valence-electron chi connectivity index (χ4n) is 2.68. The Morgan fingerprint density at radius 2 is 1.68 bits per heavy atom. The molecule has 0 bridgehead atoms. The van der Waals surface area contributed by atoms with E-state index in [0.717, 1.165) is 12.2 Å². The third-order valence-corrected chi connectivity index (χ3v) is 5.34. The summed E-state index contributed by atoms with van der Waals surface area (Å²) < 4.78 is 0. The zero-order valence-electron chi connectivity index (χ0n) is 16.2. The predicted molar refractivity (Wildman–Crippen MR) is 110 cm³/mol. The number of hydrogen-bond acceptors (Lipinski definition) is 3. The molecule has 2 N–H and O–H groups in total. The number of carboxylic acids is 1. The Morgan fingerprint density at radius 1 is 1.00 bits per heavy atom. The number of allylic oxidation sites excluding steroid dienone is 3. The van der Waals surface area contributed by atoms with Crippen molar-refractivity contribution in [2.75, 3.05) is 5.75 Å². The number of thioether (sulfide) groups is 1. The Bertz CT molecular complexity index is 366. The molecule has 0 unspecified atom stereocenters. The van der Waals surface area contributed by atoms with Gasteiger partial charge in [-0.1, -0.05) is 76.7 Å². The Balaban J connectivity index is 3.91. The molecule has 0 fully saturated rings. The number of aliphatic carboxylic acids is 1. The highest BCUT2D eigenvalue weighted by Crippen LogP contribution is 2.20. The van der Waals surface area contributed by atoms with E-state index >= 15 is 0 Å². The van der Waals surface area contributed by atoms with E-state index in [1.807, 2.05) is 12.2 Å². The second kappa shape index (κ2) is 18.1. The van der Waals surface area contributed by atoms with E-state index in [1.165, 1.54) is 44.9 Å². The minimum Gasteiger partial charge on any atom is -0.481 e. The molecule has 0 radical (unpaired) electrons. The Hall–Kier alpha value is -0.740. The second-order valence-corrected chi connectivity index (χ2v) is 7.95. The molecule has 0 aromatic heterocycles. The lowest BCUT2D eigenvalue weighted by atomic mass is 10.1. The largest absolute Gasteiger partial charge is 0.481 e. The molecule has 146 valence electrons. The molecule has 0 aromatic rings. The fraction of sp³-hybridized carbons (Fsp3) is 0.762. The van der Waals surface area contributed by atoms with Crippen LogP contribution in [0.5, 0.6) is 0 Å². The molecule has 0 aliphatic rings. The number of carboxylic acid groups (broad SMARTS) is 1. The number of aliphatic hydroxyl groups is 1. The van der Waals surface area contributed by atoms with Crippen molar-refractivity contribution in [3.8, 4) is 0 Å². The summed E-state index contributed by atoms with van der Waals surface area (Å²) >= 11 is 1.71. The highest BCUT2D eigenvalue weighted by atomic mass is 32.2. The number of rotatable bonds is 17. The molecule has 25 heavy (non-hydrogen) atoms. The van der Waals surface area contributed by atoms with Crippen molar-refractivity contribution >= 4 is 17.7 Å². The molecule has 0 saturated heterocycles. The van der Waals surface area contributed by atoms with Gasteiger partial charge in [0.05, 0.1) is 6.10 Å². The van der Waals surface area contributed by atoms with Crippen molar-refractivity contribution < 1.29 is 15.0 Å². The van der Waals surface area contributed by atoms with E-state index in [4.69, 9.17) is 5.11 Å². The van der Waals surface area contributed by atoms with Crippen LogP contribution in [0.4, 0.5) is 0 Å². The van der Waals surface area contributed by atoms with Crippen LogP contribution in [0.15, 0.2) is 24.3 Å². The van der Waals surface area contributed by atoms with Crippen LogP contribution in [0.1, 0.15) is 84.5 Å². The van der Waals surface area contributed by atoms with Crippen LogP contribution in [0.2, 0.25) is 0 Å². The van der Waals surface area contributed by atoms with Crippen LogP contribution >= 0.6 is 11.8 Å². The van der Waals surface area contributed by atoms with Crippen molar-refractivity contribution in [3.63, 3.8) is 0 Å². The second-order valence-electron chi connectivity index (χ2n) is 6.50. The van der Waals surface area contributed by atoms with Gasteiger partial charge in [-0.05, 0) is 31.4 Å². The molecule has 0 spiro atoms. The quantitative estimate of drug-likeness (QED) is 0.244. The van der Waals surface area contributed by atoms with E-state index in [-0.39, 0.29) is 11.7 Å². The summed E-state index contributed by atoms with van der Waals surface area (Å²) in [6.45, 7) is 4.32. The Kier molecular flexibility index (Phi) is 17.5. The average Bonchev–Trinajstić information content (AvgIpc) is 2.58. The standard InChI is InChI=1S/C21H38O3S/c1-3-5-6-7-8-9-10-11-12-13-14-17-20(25-4-2)19(22)16-15-18-21(23)24/h12-14,17,19-20,22H,3-11,15-16,18H2,1-2H3,(H,23,24)/b13-12-,17-14+/t19-,20+/m0/s1. The molecular weight excluding hydrogens is 332 g/mol. The summed E-state index contributed by atoms with van der Waals surface area (Å²) in [6.07, 6.45) is 19.5. The number of hydrogen-bond donors (Lipinski definition) is 2. The molecule has 0 aliphatic heterocycles. The van der Waals surface area contributed by atoms with Gasteiger partial charge in [0, 0.05) is 11.7 Å². The summed E-state index contributed by atoms with van der Waals surface area (Å²) in [5.41, 5.74) is 0. The first kappa shape index (κ1) is 24.3. The van der Waals surface area contributed by atoms with E-state index in [9.17, 15) is 9.90 Å². The number of carbonyl (C=O) groups is 1. The van der Waals surface area contributed by atoms with E-state index in [2.05, 4.69) is 26.0 Å². The van der Waals surface area contributed by atoms with Gasteiger partial charge in [-0.2, -0.15) is 11.8 Å². The lowest BCUT2D eigenvalue weighted by molar-refractivity contribution is -0.137. The van der Waals surface area contributed by atoms with E-state index < -0.39 is 12.1 Å². The topological polar surface area (TPSA) is 57.5 Å². The number of aliphatic hydroxyl groups excluding tert-OH is 1. The maximum atomic E-state index is 10.6. The molecule has 2 atom stereocenters. The van der Waals surface area contributed by atoms with E-state index in [0.29, 0.717) is 12.8 Å². The van der Waals surface area contributed by atoms with Crippen LogP contribution in [-0.2, 0) is 4.79 Å². The average molecular weight is 371 g/mol. The van der Waals surface area contributed by atoms with Gasteiger partial charge in [0.1, 0.15) is 0 Å². The van der Waals surface area contributed by atoms with Gasteiger partial charge in [0.25, 0.3) is 0 Å². The van der Waals surface area contributed by atoms with Crippen LogP contribution < -0.4 is 0 Å². The third-order valence-electron chi connectivity index (χ3n) is 4.15. The maximum absolute atomic E-state index is 10.6. The van der Waals surface area contributed by atoms with Crippen molar-refractivity contribution in [1.29, 1.82) is 0 Å². The maximum Gasteiger partial charge on any atom is 0.303 e. The first-order valence-corrected chi connectivity index (χ1v) is 11.0. The normalized spacial score (nSPS) is 14.4. The summed E-state index contributed by atoms with van der Waals surface area (Å²) in [5.74, 6) is 0.142. The highest BCUT2D eigenvalue weighted by molar-refractivity contribution is 8.00. The van der Waals surface area contributed by atoms with Gasteiger partial charge in [0.15, 0.2) is 0 Å². The lowest BCUT2D eigenvalue weighted by Crippen LogP contribution is -2.21. The van der Waals surface area contributed by atoms with Crippen molar-refractivity contribution in [1.82, 2.24) is 0 Å².